The van der Waals surface area contributed by atoms with Gasteiger partial charge in [0.1, 0.15) is 0 Å². The van der Waals surface area contributed by atoms with E-state index in [-0.39, 0.29) is 12.1 Å². The Bertz CT molecular complexity index is 255. The van der Waals surface area contributed by atoms with Gasteiger partial charge in [0.2, 0.25) is 0 Å². The second kappa shape index (κ2) is 6.36. The molecule has 2 fully saturated rings. The van der Waals surface area contributed by atoms with E-state index in [0.717, 1.165) is 18.4 Å². The van der Waals surface area contributed by atoms with Gasteiger partial charge in [-0.2, -0.15) is 0 Å². The lowest BCUT2D eigenvalue weighted by Gasteiger charge is -2.31. The Morgan fingerprint density at radius 1 is 1.28 bits per heavy atom. The molecule has 2 aliphatic rings. The Kier molecular flexibility index (Phi) is 5.05. The van der Waals surface area contributed by atoms with Gasteiger partial charge in [-0.1, -0.05) is 19.8 Å². The van der Waals surface area contributed by atoms with Crippen LogP contribution in [0.3, 0.4) is 0 Å². The minimum atomic E-state index is -0.249. The van der Waals surface area contributed by atoms with Crippen molar-refractivity contribution in [1.82, 2.24) is 5.32 Å². The number of aliphatic hydroxyl groups excluding tert-OH is 1. The number of hydrogen-bond donors (Lipinski definition) is 2. The van der Waals surface area contributed by atoms with Gasteiger partial charge < -0.3 is 15.2 Å². The van der Waals surface area contributed by atoms with Gasteiger partial charge in [-0.05, 0) is 44.4 Å². The zero-order chi connectivity index (χ0) is 13.0. The van der Waals surface area contributed by atoms with Crippen LogP contribution in [0.25, 0.3) is 0 Å². The molecule has 2 N–H and O–H groups in total. The van der Waals surface area contributed by atoms with Crippen molar-refractivity contribution in [2.24, 2.45) is 11.8 Å². The number of aliphatic hydroxyl groups is 1. The zero-order valence-electron chi connectivity index (χ0n) is 12.0. The van der Waals surface area contributed by atoms with E-state index in [1.54, 1.807) is 0 Å². The van der Waals surface area contributed by atoms with Gasteiger partial charge in [-0.25, -0.2) is 0 Å². The van der Waals surface area contributed by atoms with Gasteiger partial charge in [0, 0.05) is 12.6 Å². The number of nitrogens with one attached hydrogen (secondary N) is 1. The molecule has 106 valence electrons. The monoisotopic (exact) mass is 255 g/mol. The van der Waals surface area contributed by atoms with Crippen molar-refractivity contribution in [2.45, 2.75) is 64.0 Å². The van der Waals surface area contributed by atoms with Gasteiger partial charge in [-0.15, -0.1) is 0 Å². The molecular weight excluding hydrogens is 226 g/mol. The third kappa shape index (κ3) is 4.52. The second-order valence-electron chi connectivity index (χ2n) is 6.79. The Morgan fingerprint density at radius 3 is 2.67 bits per heavy atom. The lowest BCUT2D eigenvalue weighted by atomic mass is 9.83. The first-order chi connectivity index (χ1) is 8.61. The molecule has 3 heteroatoms. The fourth-order valence-corrected chi connectivity index (χ4v) is 3.02. The highest BCUT2D eigenvalue weighted by molar-refractivity contribution is 4.92. The molecule has 3 atom stereocenters. The van der Waals surface area contributed by atoms with Crippen LogP contribution in [0.5, 0.6) is 0 Å². The van der Waals surface area contributed by atoms with Crippen LogP contribution in [-0.2, 0) is 4.74 Å². The zero-order valence-corrected chi connectivity index (χ0v) is 12.0. The molecule has 0 aliphatic heterocycles. The van der Waals surface area contributed by atoms with E-state index in [2.05, 4.69) is 19.2 Å². The van der Waals surface area contributed by atoms with Gasteiger partial charge in [-0.3, -0.25) is 0 Å². The Labute approximate surface area is 111 Å². The first-order valence-corrected chi connectivity index (χ1v) is 7.57. The lowest BCUT2D eigenvalue weighted by molar-refractivity contribution is 0.0172. The molecule has 0 aromatic rings. The van der Waals surface area contributed by atoms with Gasteiger partial charge in [0.15, 0.2) is 0 Å². The smallest absolute Gasteiger partial charge is 0.0668 e. The van der Waals surface area contributed by atoms with Crippen LogP contribution in [0.4, 0.5) is 0 Å². The molecule has 0 heterocycles. The summed E-state index contributed by atoms with van der Waals surface area (Å²) >= 11 is 0. The minimum absolute atomic E-state index is 0.157. The van der Waals surface area contributed by atoms with Crippen molar-refractivity contribution in [1.29, 1.82) is 0 Å². The fraction of sp³-hybridized carbons (Fsp3) is 1.00. The Balaban J connectivity index is 1.66. The van der Waals surface area contributed by atoms with Crippen molar-refractivity contribution >= 4 is 0 Å². The summed E-state index contributed by atoms with van der Waals surface area (Å²) in [4.78, 5) is 0. The van der Waals surface area contributed by atoms with Crippen molar-refractivity contribution in [3.63, 3.8) is 0 Å². The van der Waals surface area contributed by atoms with Crippen molar-refractivity contribution < 1.29 is 9.84 Å². The van der Waals surface area contributed by atoms with Crippen LogP contribution in [0.2, 0.25) is 0 Å². The largest absolute Gasteiger partial charge is 0.394 e. The van der Waals surface area contributed by atoms with E-state index in [9.17, 15) is 5.11 Å². The molecule has 0 spiro atoms. The second-order valence-corrected chi connectivity index (χ2v) is 6.79. The van der Waals surface area contributed by atoms with Crippen molar-refractivity contribution in [2.75, 3.05) is 19.8 Å². The molecule has 0 amide bonds. The molecule has 0 radical (unpaired) electrons. The first kappa shape index (κ1) is 14.3. The number of ether oxygens (including phenoxy) is 1. The SMILES string of the molecule is CC1CCCC(COCC(C)(CO)NC2CC2)C1. The molecule has 0 aromatic heterocycles. The summed E-state index contributed by atoms with van der Waals surface area (Å²) in [5.74, 6) is 1.60. The normalized spacial score (nSPS) is 32.2. The predicted octanol–water partition coefficient (Wildman–Crippen LogP) is 2.33. The third-order valence-electron chi connectivity index (χ3n) is 4.30. The standard InChI is InChI=1S/C15H29NO2/c1-12-4-3-5-13(8-12)9-18-11-15(2,10-17)16-14-6-7-14/h12-14,16-17H,3-11H2,1-2H3. The van der Waals surface area contributed by atoms with Crippen LogP contribution in [0, 0.1) is 11.8 Å². The van der Waals surface area contributed by atoms with Crippen LogP contribution >= 0.6 is 0 Å². The van der Waals surface area contributed by atoms with E-state index in [1.807, 2.05) is 0 Å². The quantitative estimate of drug-likeness (QED) is 0.733. The fourth-order valence-electron chi connectivity index (χ4n) is 3.02. The molecule has 2 saturated carbocycles. The molecule has 18 heavy (non-hydrogen) atoms. The maximum atomic E-state index is 9.50. The maximum Gasteiger partial charge on any atom is 0.0668 e. The Hall–Kier alpha value is -0.120. The van der Waals surface area contributed by atoms with E-state index in [4.69, 9.17) is 4.74 Å². The predicted molar refractivity (Wildman–Crippen MR) is 73.6 cm³/mol. The highest BCUT2D eigenvalue weighted by atomic mass is 16.5. The molecular formula is C15H29NO2. The van der Waals surface area contributed by atoms with Crippen LogP contribution in [0.1, 0.15) is 52.4 Å². The molecule has 3 unspecified atom stereocenters. The van der Waals surface area contributed by atoms with E-state index >= 15 is 0 Å². The van der Waals surface area contributed by atoms with E-state index < -0.39 is 0 Å². The summed E-state index contributed by atoms with van der Waals surface area (Å²) in [5.41, 5.74) is -0.249. The van der Waals surface area contributed by atoms with Crippen molar-refractivity contribution in [3.05, 3.63) is 0 Å². The average Bonchev–Trinajstić information content (AvgIpc) is 3.13. The van der Waals surface area contributed by atoms with E-state index in [0.29, 0.717) is 12.6 Å². The van der Waals surface area contributed by atoms with E-state index in [1.165, 1.54) is 38.5 Å². The summed E-state index contributed by atoms with van der Waals surface area (Å²) in [6, 6.07) is 0.612. The van der Waals surface area contributed by atoms with Gasteiger partial charge in [0.25, 0.3) is 0 Å². The van der Waals surface area contributed by atoms with Crippen LogP contribution < -0.4 is 5.32 Å². The third-order valence-corrected chi connectivity index (χ3v) is 4.30. The summed E-state index contributed by atoms with van der Waals surface area (Å²) in [5, 5.41) is 13.0. The van der Waals surface area contributed by atoms with Gasteiger partial charge in [0.05, 0.1) is 18.8 Å². The topological polar surface area (TPSA) is 41.5 Å². The average molecular weight is 255 g/mol. The molecule has 0 aromatic carbocycles. The molecule has 2 rings (SSSR count). The summed E-state index contributed by atoms with van der Waals surface area (Å²) < 4.78 is 5.88. The van der Waals surface area contributed by atoms with Crippen LogP contribution in [-0.4, -0.2) is 36.5 Å². The minimum Gasteiger partial charge on any atom is -0.394 e. The highest BCUT2D eigenvalue weighted by Gasteiger charge is 2.32. The molecule has 3 nitrogen and oxygen atoms in total. The lowest BCUT2D eigenvalue weighted by Crippen LogP contribution is -2.51. The molecule has 0 saturated heterocycles. The number of hydrogen-bond acceptors (Lipinski definition) is 3. The first-order valence-electron chi connectivity index (χ1n) is 7.57. The highest BCUT2D eigenvalue weighted by Crippen LogP contribution is 2.29. The summed E-state index contributed by atoms with van der Waals surface area (Å²) in [6.07, 6.45) is 7.86. The Morgan fingerprint density at radius 2 is 2.06 bits per heavy atom. The maximum absolute atomic E-state index is 9.50. The summed E-state index contributed by atoms with van der Waals surface area (Å²) in [6.45, 7) is 6.06. The van der Waals surface area contributed by atoms with Gasteiger partial charge >= 0.3 is 0 Å². The van der Waals surface area contributed by atoms with Crippen molar-refractivity contribution in [3.8, 4) is 0 Å². The molecule has 0 bridgehead atoms. The number of rotatable bonds is 7. The molecule has 2 aliphatic carbocycles. The summed E-state index contributed by atoms with van der Waals surface area (Å²) in [7, 11) is 0. The van der Waals surface area contributed by atoms with Crippen LogP contribution in [0.15, 0.2) is 0 Å².